The first-order valence-corrected chi connectivity index (χ1v) is 6.48. The number of hydrogen-bond donors (Lipinski definition) is 0. The summed E-state index contributed by atoms with van der Waals surface area (Å²) in [6.07, 6.45) is 4.16. The minimum Gasteiger partial charge on any atom is -0.378 e. The van der Waals surface area contributed by atoms with E-state index >= 15 is 0 Å². The van der Waals surface area contributed by atoms with Crippen molar-refractivity contribution in [3.05, 3.63) is 23.4 Å². The predicted molar refractivity (Wildman–Crippen MR) is 70.6 cm³/mol. The van der Waals surface area contributed by atoms with Gasteiger partial charge < -0.3 is 9.64 Å². The lowest BCUT2D eigenvalue weighted by Gasteiger charge is -2.33. The Morgan fingerprint density at radius 2 is 2.22 bits per heavy atom. The van der Waals surface area contributed by atoms with Crippen molar-refractivity contribution < 1.29 is 4.74 Å². The highest BCUT2D eigenvalue weighted by Gasteiger charge is 2.22. The summed E-state index contributed by atoms with van der Waals surface area (Å²) in [5, 5.41) is 9.22. The van der Waals surface area contributed by atoms with Crippen LogP contribution in [0.15, 0.2) is 12.3 Å². The van der Waals surface area contributed by atoms with E-state index in [1.165, 1.54) is 0 Å². The minimum atomic E-state index is 0.363. The minimum absolute atomic E-state index is 0.363. The fraction of sp³-hybridized carbons (Fsp3) is 0.571. The zero-order valence-electron chi connectivity index (χ0n) is 11.0. The molecule has 0 spiro atoms. The normalized spacial score (nSPS) is 16.6. The van der Waals surface area contributed by atoms with Gasteiger partial charge >= 0.3 is 0 Å². The van der Waals surface area contributed by atoms with Gasteiger partial charge in [-0.25, -0.2) is 4.98 Å². The number of hydrogen-bond acceptors (Lipinski definition) is 4. The van der Waals surface area contributed by atoms with Crippen molar-refractivity contribution in [1.29, 1.82) is 5.26 Å². The molecule has 0 saturated carbocycles. The number of nitriles is 1. The summed E-state index contributed by atoms with van der Waals surface area (Å²) < 4.78 is 5.64. The lowest BCUT2D eigenvalue weighted by atomic mass is 10.1. The number of nitrogens with zero attached hydrogens (tertiary/aromatic N) is 3. The third kappa shape index (κ3) is 2.62. The van der Waals surface area contributed by atoms with Crippen molar-refractivity contribution in [2.75, 3.05) is 24.6 Å². The van der Waals surface area contributed by atoms with E-state index in [1.54, 1.807) is 6.20 Å². The molecule has 1 aromatic heterocycles. The van der Waals surface area contributed by atoms with Crippen LogP contribution >= 0.6 is 0 Å². The molecule has 1 aliphatic heterocycles. The number of aryl methyl sites for hydroxylation is 1. The Balaban J connectivity index is 2.10. The first-order chi connectivity index (χ1) is 8.76. The van der Waals surface area contributed by atoms with Crippen LogP contribution in [-0.2, 0) is 4.74 Å². The summed E-state index contributed by atoms with van der Waals surface area (Å²) in [7, 11) is 0. The number of pyridine rings is 1. The molecule has 1 aromatic rings. The third-order valence-corrected chi connectivity index (χ3v) is 3.39. The first kappa shape index (κ1) is 12.8. The fourth-order valence-electron chi connectivity index (χ4n) is 2.39. The van der Waals surface area contributed by atoms with Gasteiger partial charge in [0.05, 0.1) is 11.7 Å². The van der Waals surface area contributed by atoms with Gasteiger partial charge in [0, 0.05) is 25.9 Å². The van der Waals surface area contributed by atoms with Crippen molar-refractivity contribution in [3.63, 3.8) is 0 Å². The molecule has 2 heterocycles. The van der Waals surface area contributed by atoms with Crippen LogP contribution < -0.4 is 4.90 Å². The standard InChI is InChI=1S/C14H19N3O/c1-3-18-12-5-8-17(9-6-12)14-13(10-15)11(2)4-7-16-14/h4,7,12H,3,5-6,8-9H2,1-2H3. The number of ether oxygens (including phenoxy) is 1. The number of aromatic nitrogens is 1. The van der Waals surface area contributed by atoms with E-state index in [0.29, 0.717) is 11.7 Å². The zero-order chi connectivity index (χ0) is 13.0. The summed E-state index contributed by atoms with van der Waals surface area (Å²) in [4.78, 5) is 6.56. The van der Waals surface area contributed by atoms with Gasteiger partial charge in [0.2, 0.25) is 0 Å². The molecule has 0 radical (unpaired) electrons. The van der Waals surface area contributed by atoms with Gasteiger partial charge in [-0.3, -0.25) is 0 Å². The molecule has 4 nitrogen and oxygen atoms in total. The van der Waals surface area contributed by atoms with E-state index in [-0.39, 0.29) is 0 Å². The molecule has 0 bridgehead atoms. The zero-order valence-corrected chi connectivity index (χ0v) is 11.0. The second-order valence-corrected chi connectivity index (χ2v) is 4.58. The van der Waals surface area contributed by atoms with Crippen LogP contribution in [0.5, 0.6) is 0 Å². The average Bonchev–Trinajstić information content (AvgIpc) is 2.40. The molecule has 1 aliphatic rings. The molecule has 0 aromatic carbocycles. The summed E-state index contributed by atoms with van der Waals surface area (Å²) in [5.74, 6) is 0.826. The largest absolute Gasteiger partial charge is 0.378 e. The Labute approximate surface area is 108 Å². The number of anilines is 1. The quantitative estimate of drug-likeness (QED) is 0.819. The van der Waals surface area contributed by atoms with Crippen molar-refractivity contribution in [3.8, 4) is 6.07 Å². The molecule has 0 N–H and O–H groups in total. The Morgan fingerprint density at radius 3 is 2.83 bits per heavy atom. The van der Waals surface area contributed by atoms with Crippen LogP contribution in [-0.4, -0.2) is 30.8 Å². The van der Waals surface area contributed by atoms with Gasteiger partial charge in [0.15, 0.2) is 0 Å². The van der Waals surface area contributed by atoms with Crippen LogP contribution in [0.1, 0.15) is 30.9 Å². The second-order valence-electron chi connectivity index (χ2n) is 4.58. The monoisotopic (exact) mass is 245 g/mol. The van der Waals surface area contributed by atoms with Gasteiger partial charge in [-0.05, 0) is 38.3 Å². The molecular weight excluding hydrogens is 226 g/mol. The maximum Gasteiger partial charge on any atom is 0.146 e. The third-order valence-electron chi connectivity index (χ3n) is 3.39. The maximum atomic E-state index is 9.22. The molecule has 0 amide bonds. The van der Waals surface area contributed by atoms with Crippen LogP contribution in [0.4, 0.5) is 5.82 Å². The summed E-state index contributed by atoms with van der Waals surface area (Å²) in [6, 6.07) is 4.15. The summed E-state index contributed by atoms with van der Waals surface area (Å²) in [6.45, 7) is 6.58. The number of piperidine rings is 1. The molecule has 2 rings (SSSR count). The van der Waals surface area contributed by atoms with Crippen molar-refractivity contribution in [1.82, 2.24) is 4.98 Å². The Hall–Kier alpha value is -1.60. The topological polar surface area (TPSA) is 49.1 Å². The van der Waals surface area contributed by atoms with Gasteiger partial charge in [0.25, 0.3) is 0 Å². The molecule has 0 atom stereocenters. The van der Waals surface area contributed by atoms with Crippen LogP contribution in [0.25, 0.3) is 0 Å². The fourth-order valence-corrected chi connectivity index (χ4v) is 2.39. The lowest BCUT2D eigenvalue weighted by Crippen LogP contribution is -2.38. The smallest absolute Gasteiger partial charge is 0.146 e. The van der Waals surface area contributed by atoms with Gasteiger partial charge in [-0.15, -0.1) is 0 Å². The highest BCUT2D eigenvalue weighted by Crippen LogP contribution is 2.24. The molecule has 18 heavy (non-hydrogen) atoms. The summed E-state index contributed by atoms with van der Waals surface area (Å²) in [5.41, 5.74) is 1.70. The van der Waals surface area contributed by atoms with E-state index in [2.05, 4.69) is 16.0 Å². The average molecular weight is 245 g/mol. The molecular formula is C14H19N3O. The van der Waals surface area contributed by atoms with Crippen LogP contribution in [0.3, 0.4) is 0 Å². The highest BCUT2D eigenvalue weighted by molar-refractivity contribution is 5.57. The molecule has 1 saturated heterocycles. The first-order valence-electron chi connectivity index (χ1n) is 6.48. The van der Waals surface area contributed by atoms with E-state index in [4.69, 9.17) is 4.74 Å². The Bertz CT molecular complexity index is 445. The van der Waals surface area contributed by atoms with E-state index in [0.717, 1.165) is 43.9 Å². The van der Waals surface area contributed by atoms with Crippen LogP contribution in [0, 0.1) is 18.3 Å². The summed E-state index contributed by atoms with van der Waals surface area (Å²) >= 11 is 0. The van der Waals surface area contributed by atoms with Crippen LogP contribution in [0.2, 0.25) is 0 Å². The van der Waals surface area contributed by atoms with Gasteiger partial charge in [-0.2, -0.15) is 5.26 Å². The molecule has 1 fully saturated rings. The van der Waals surface area contributed by atoms with E-state index in [1.807, 2.05) is 19.9 Å². The Kier molecular flexibility index (Phi) is 4.16. The van der Waals surface area contributed by atoms with Crippen molar-refractivity contribution in [2.24, 2.45) is 0 Å². The maximum absolute atomic E-state index is 9.22. The molecule has 0 unspecified atom stereocenters. The highest BCUT2D eigenvalue weighted by atomic mass is 16.5. The molecule has 0 aliphatic carbocycles. The van der Waals surface area contributed by atoms with Crippen molar-refractivity contribution >= 4 is 5.82 Å². The van der Waals surface area contributed by atoms with E-state index in [9.17, 15) is 5.26 Å². The predicted octanol–water partition coefficient (Wildman–Crippen LogP) is 2.27. The van der Waals surface area contributed by atoms with Gasteiger partial charge in [-0.1, -0.05) is 0 Å². The van der Waals surface area contributed by atoms with E-state index < -0.39 is 0 Å². The molecule has 4 heteroatoms. The lowest BCUT2D eigenvalue weighted by molar-refractivity contribution is 0.0458. The SMILES string of the molecule is CCOC1CCN(c2nccc(C)c2C#N)CC1. The Morgan fingerprint density at radius 1 is 1.50 bits per heavy atom. The molecule has 96 valence electrons. The number of rotatable bonds is 3. The van der Waals surface area contributed by atoms with Crippen molar-refractivity contribution in [2.45, 2.75) is 32.8 Å². The van der Waals surface area contributed by atoms with Gasteiger partial charge in [0.1, 0.15) is 11.9 Å². The second kappa shape index (κ2) is 5.83.